The molecule has 0 amide bonds. The first-order valence-electron chi connectivity index (χ1n) is 3.66. The lowest BCUT2D eigenvalue weighted by molar-refractivity contribution is 0.0496. The van der Waals surface area contributed by atoms with Crippen molar-refractivity contribution in [2.75, 3.05) is 13.2 Å². The number of hydrogen-bond acceptors (Lipinski definition) is 2. The largest absolute Gasteiger partial charge is 0.378 e. The molecule has 1 rings (SSSR count). The van der Waals surface area contributed by atoms with Crippen LogP contribution in [0.4, 0.5) is 0 Å². The molecule has 0 aromatic rings. The first-order chi connectivity index (χ1) is 4.33. The standard InChI is InChI=1S/C7H15NO/c1-3-7-5-9-4-6(2)8-7/h6-8H,3-5H2,1-2H3/t6-,7-/m1/s1. The van der Waals surface area contributed by atoms with Gasteiger partial charge in [0.05, 0.1) is 13.2 Å². The van der Waals surface area contributed by atoms with Crippen LogP contribution in [0.5, 0.6) is 0 Å². The highest BCUT2D eigenvalue weighted by atomic mass is 16.5. The van der Waals surface area contributed by atoms with Crippen LogP contribution >= 0.6 is 0 Å². The minimum absolute atomic E-state index is 0.545. The second-order valence-corrected chi connectivity index (χ2v) is 2.71. The Balaban J connectivity index is 2.23. The van der Waals surface area contributed by atoms with Crippen molar-refractivity contribution in [3.63, 3.8) is 0 Å². The Morgan fingerprint density at radius 1 is 1.56 bits per heavy atom. The Hall–Kier alpha value is -0.0800. The average Bonchev–Trinajstić information content (AvgIpc) is 1.88. The van der Waals surface area contributed by atoms with Gasteiger partial charge in [-0.2, -0.15) is 0 Å². The lowest BCUT2D eigenvalue weighted by atomic mass is 10.2. The molecule has 0 radical (unpaired) electrons. The predicted molar refractivity (Wildman–Crippen MR) is 37.5 cm³/mol. The van der Waals surface area contributed by atoms with Gasteiger partial charge in [-0.05, 0) is 13.3 Å². The molecule has 9 heavy (non-hydrogen) atoms. The van der Waals surface area contributed by atoms with E-state index in [1.807, 2.05) is 0 Å². The molecule has 1 aliphatic rings. The van der Waals surface area contributed by atoms with E-state index in [1.165, 1.54) is 6.42 Å². The summed E-state index contributed by atoms with van der Waals surface area (Å²) >= 11 is 0. The van der Waals surface area contributed by atoms with Crippen molar-refractivity contribution in [1.82, 2.24) is 5.32 Å². The molecule has 0 unspecified atom stereocenters. The fourth-order valence-electron chi connectivity index (χ4n) is 1.12. The lowest BCUT2D eigenvalue weighted by Gasteiger charge is -2.27. The van der Waals surface area contributed by atoms with Crippen molar-refractivity contribution in [2.45, 2.75) is 32.4 Å². The molecule has 2 atom stereocenters. The number of hydrogen-bond donors (Lipinski definition) is 1. The monoisotopic (exact) mass is 129 g/mol. The smallest absolute Gasteiger partial charge is 0.0620 e. The molecule has 1 aliphatic heterocycles. The van der Waals surface area contributed by atoms with Gasteiger partial charge >= 0.3 is 0 Å². The summed E-state index contributed by atoms with van der Waals surface area (Å²) < 4.78 is 5.32. The van der Waals surface area contributed by atoms with Crippen molar-refractivity contribution >= 4 is 0 Å². The van der Waals surface area contributed by atoms with Crippen LogP contribution in [-0.2, 0) is 4.74 Å². The van der Waals surface area contributed by atoms with Crippen LogP contribution in [-0.4, -0.2) is 25.3 Å². The third-order valence-electron chi connectivity index (χ3n) is 1.70. The Morgan fingerprint density at radius 2 is 2.33 bits per heavy atom. The van der Waals surface area contributed by atoms with Gasteiger partial charge in [0.25, 0.3) is 0 Å². The molecule has 0 bridgehead atoms. The third kappa shape index (κ3) is 1.95. The van der Waals surface area contributed by atoms with E-state index < -0.39 is 0 Å². The molecule has 54 valence electrons. The van der Waals surface area contributed by atoms with Crippen molar-refractivity contribution < 1.29 is 4.74 Å². The topological polar surface area (TPSA) is 21.3 Å². The zero-order valence-electron chi connectivity index (χ0n) is 6.18. The molecule has 2 heteroatoms. The molecule has 0 spiro atoms. The zero-order valence-corrected chi connectivity index (χ0v) is 6.18. The molecule has 1 heterocycles. The molecule has 1 saturated heterocycles. The van der Waals surface area contributed by atoms with E-state index in [2.05, 4.69) is 19.2 Å². The van der Waals surface area contributed by atoms with E-state index in [-0.39, 0.29) is 0 Å². The van der Waals surface area contributed by atoms with Crippen LogP contribution in [0.2, 0.25) is 0 Å². The second kappa shape index (κ2) is 3.18. The quantitative estimate of drug-likeness (QED) is 0.564. The summed E-state index contributed by atoms with van der Waals surface area (Å²) in [5.74, 6) is 0. The van der Waals surface area contributed by atoms with Gasteiger partial charge in [-0.25, -0.2) is 0 Å². The van der Waals surface area contributed by atoms with Gasteiger partial charge < -0.3 is 10.1 Å². The van der Waals surface area contributed by atoms with Crippen molar-refractivity contribution in [1.29, 1.82) is 0 Å². The first-order valence-corrected chi connectivity index (χ1v) is 3.66. The van der Waals surface area contributed by atoms with Crippen LogP contribution in [0, 0.1) is 0 Å². The van der Waals surface area contributed by atoms with Gasteiger partial charge in [-0.1, -0.05) is 6.92 Å². The van der Waals surface area contributed by atoms with Gasteiger partial charge in [0.2, 0.25) is 0 Å². The minimum Gasteiger partial charge on any atom is -0.378 e. The maximum absolute atomic E-state index is 5.32. The summed E-state index contributed by atoms with van der Waals surface area (Å²) in [6.45, 7) is 6.10. The maximum Gasteiger partial charge on any atom is 0.0620 e. The third-order valence-corrected chi connectivity index (χ3v) is 1.70. The Bertz CT molecular complexity index is 85.0. The summed E-state index contributed by atoms with van der Waals surface area (Å²) in [6.07, 6.45) is 1.17. The Labute approximate surface area is 56.6 Å². The van der Waals surface area contributed by atoms with Gasteiger partial charge in [0.15, 0.2) is 0 Å². The predicted octanol–water partition coefficient (Wildman–Crippen LogP) is 0.773. The molecule has 1 N–H and O–H groups in total. The van der Waals surface area contributed by atoms with Crippen molar-refractivity contribution in [3.8, 4) is 0 Å². The summed E-state index contributed by atoms with van der Waals surface area (Å²) in [5.41, 5.74) is 0. The van der Waals surface area contributed by atoms with Crippen molar-refractivity contribution in [2.24, 2.45) is 0 Å². The normalized spacial score (nSPS) is 36.7. The summed E-state index contributed by atoms with van der Waals surface area (Å²) in [4.78, 5) is 0. The highest BCUT2D eigenvalue weighted by Crippen LogP contribution is 2.01. The van der Waals surface area contributed by atoms with E-state index in [0.29, 0.717) is 12.1 Å². The Kier molecular flexibility index (Phi) is 2.49. The van der Waals surface area contributed by atoms with Crippen molar-refractivity contribution in [3.05, 3.63) is 0 Å². The minimum atomic E-state index is 0.545. The maximum atomic E-state index is 5.32. The van der Waals surface area contributed by atoms with Gasteiger partial charge in [0, 0.05) is 12.1 Å². The molecule has 2 nitrogen and oxygen atoms in total. The van der Waals surface area contributed by atoms with Crippen LogP contribution < -0.4 is 5.32 Å². The van der Waals surface area contributed by atoms with Gasteiger partial charge in [-0.3, -0.25) is 0 Å². The van der Waals surface area contributed by atoms with E-state index in [9.17, 15) is 0 Å². The molecule has 1 fully saturated rings. The SMILES string of the molecule is CC[C@@H]1COC[C@@H](C)N1. The van der Waals surface area contributed by atoms with E-state index in [1.54, 1.807) is 0 Å². The zero-order chi connectivity index (χ0) is 6.69. The first kappa shape index (κ1) is 7.03. The van der Waals surface area contributed by atoms with Crippen LogP contribution in [0.15, 0.2) is 0 Å². The van der Waals surface area contributed by atoms with Crippen LogP contribution in [0.25, 0.3) is 0 Å². The van der Waals surface area contributed by atoms with Gasteiger partial charge in [-0.15, -0.1) is 0 Å². The molecule has 0 aromatic heterocycles. The summed E-state index contributed by atoms with van der Waals surface area (Å²) in [6, 6.07) is 1.14. The lowest BCUT2D eigenvalue weighted by Crippen LogP contribution is -2.46. The number of nitrogens with one attached hydrogen (secondary N) is 1. The summed E-state index contributed by atoms with van der Waals surface area (Å²) in [7, 11) is 0. The van der Waals surface area contributed by atoms with Crippen LogP contribution in [0.3, 0.4) is 0 Å². The van der Waals surface area contributed by atoms with E-state index in [0.717, 1.165) is 13.2 Å². The molecule has 0 aliphatic carbocycles. The molecular formula is C7H15NO. The molecular weight excluding hydrogens is 114 g/mol. The van der Waals surface area contributed by atoms with Crippen LogP contribution in [0.1, 0.15) is 20.3 Å². The fraction of sp³-hybridized carbons (Fsp3) is 1.00. The van der Waals surface area contributed by atoms with Gasteiger partial charge in [0.1, 0.15) is 0 Å². The molecule has 0 aromatic carbocycles. The number of ether oxygens (including phenoxy) is 1. The highest BCUT2D eigenvalue weighted by Gasteiger charge is 2.15. The Morgan fingerprint density at radius 3 is 2.78 bits per heavy atom. The van der Waals surface area contributed by atoms with E-state index >= 15 is 0 Å². The fourth-order valence-corrected chi connectivity index (χ4v) is 1.12. The number of morpholine rings is 1. The second-order valence-electron chi connectivity index (χ2n) is 2.71. The highest BCUT2D eigenvalue weighted by molar-refractivity contribution is 4.73. The number of rotatable bonds is 1. The summed E-state index contributed by atoms with van der Waals surface area (Å²) in [5, 5.41) is 3.44. The average molecular weight is 129 g/mol. The van der Waals surface area contributed by atoms with E-state index in [4.69, 9.17) is 4.74 Å². The molecule has 0 saturated carbocycles.